The SMILES string of the molecule is CNCc1cc(-c2c(Cl)cc(Cl)cc2Cl)ccc1F. The molecule has 0 aliphatic carbocycles. The lowest BCUT2D eigenvalue weighted by Gasteiger charge is -2.10. The fourth-order valence-electron chi connectivity index (χ4n) is 1.87. The fraction of sp³-hybridized carbons (Fsp3) is 0.143. The van der Waals surface area contributed by atoms with Gasteiger partial charge in [0.15, 0.2) is 0 Å². The maximum absolute atomic E-state index is 13.6. The van der Waals surface area contributed by atoms with E-state index in [1.807, 2.05) is 0 Å². The second kappa shape index (κ2) is 6.10. The van der Waals surface area contributed by atoms with Crippen LogP contribution in [-0.2, 0) is 6.54 Å². The van der Waals surface area contributed by atoms with Gasteiger partial charge in [-0.15, -0.1) is 0 Å². The summed E-state index contributed by atoms with van der Waals surface area (Å²) in [4.78, 5) is 0. The summed E-state index contributed by atoms with van der Waals surface area (Å²) in [5.41, 5.74) is 1.98. The number of hydrogen-bond donors (Lipinski definition) is 1. The highest BCUT2D eigenvalue weighted by molar-refractivity contribution is 6.41. The molecule has 0 saturated carbocycles. The van der Waals surface area contributed by atoms with Gasteiger partial charge in [0.05, 0.1) is 10.0 Å². The molecule has 0 fully saturated rings. The molecule has 0 heterocycles. The van der Waals surface area contributed by atoms with E-state index < -0.39 is 0 Å². The van der Waals surface area contributed by atoms with Crippen LogP contribution in [0.15, 0.2) is 30.3 Å². The van der Waals surface area contributed by atoms with Crippen molar-refractivity contribution in [3.8, 4) is 11.1 Å². The lowest BCUT2D eigenvalue weighted by atomic mass is 10.0. The van der Waals surface area contributed by atoms with Crippen molar-refractivity contribution in [1.82, 2.24) is 5.32 Å². The van der Waals surface area contributed by atoms with E-state index in [2.05, 4.69) is 5.32 Å². The molecule has 0 saturated heterocycles. The zero-order chi connectivity index (χ0) is 14.0. The maximum Gasteiger partial charge on any atom is 0.127 e. The first kappa shape index (κ1) is 14.6. The largest absolute Gasteiger partial charge is 0.316 e. The van der Waals surface area contributed by atoms with Gasteiger partial charge in [0.2, 0.25) is 0 Å². The first-order chi connectivity index (χ1) is 9.02. The average molecular weight is 319 g/mol. The Morgan fingerprint density at radius 3 is 2.26 bits per heavy atom. The Kier molecular flexibility index (Phi) is 4.69. The second-order valence-electron chi connectivity index (χ2n) is 4.08. The van der Waals surface area contributed by atoms with Gasteiger partial charge in [-0.2, -0.15) is 0 Å². The minimum Gasteiger partial charge on any atom is -0.316 e. The quantitative estimate of drug-likeness (QED) is 0.823. The zero-order valence-electron chi connectivity index (χ0n) is 10.1. The first-order valence-corrected chi connectivity index (χ1v) is 6.74. The van der Waals surface area contributed by atoms with E-state index in [1.54, 1.807) is 31.3 Å². The molecule has 0 bridgehead atoms. The van der Waals surface area contributed by atoms with Gasteiger partial charge in [0.1, 0.15) is 5.82 Å². The van der Waals surface area contributed by atoms with Crippen LogP contribution in [-0.4, -0.2) is 7.05 Å². The van der Waals surface area contributed by atoms with Crippen molar-refractivity contribution in [3.63, 3.8) is 0 Å². The van der Waals surface area contributed by atoms with Gasteiger partial charge in [0, 0.05) is 22.7 Å². The van der Waals surface area contributed by atoms with E-state index in [0.29, 0.717) is 32.7 Å². The number of benzene rings is 2. The molecule has 0 radical (unpaired) electrons. The van der Waals surface area contributed by atoms with Gasteiger partial charge >= 0.3 is 0 Å². The zero-order valence-corrected chi connectivity index (χ0v) is 12.4. The Morgan fingerprint density at radius 2 is 1.68 bits per heavy atom. The Labute approximate surface area is 126 Å². The average Bonchev–Trinajstić information content (AvgIpc) is 2.32. The predicted octanol–water partition coefficient (Wildman–Crippen LogP) is 5.17. The molecular formula is C14H11Cl3FN. The summed E-state index contributed by atoms with van der Waals surface area (Å²) in [6, 6.07) is 8.02. The molecule has 0 aliphatic rings. The van der Waals surface area contributed by atoms with Crippen molar-refractivity contribution in [2.45, 2.75) is 6.54 Å². The molecule has 19 heavy (non-hydrogen) atoms. The van der Waals surface area contributed by atoms with Crippen LogP contribution in [0, 0.1) is 5.82 Å². The van der Waals surface area contributed by atoms with Gasteiger partial charge in [-0.25, -0.2) is 4.39 Å². The predicted molar refractivity (Wildman–Crippen MR) is 79.6 cm³/mol. The molecule has 0 aliphatic heterocycles. The lowest BCUT2D eigenvalue weighted by molar-refractivity contribution is 0.601. The molecule has 0 spiro atoms. The van der Waals surface area contributed by atoms with Crippen LogP contribution in [0.5, 0.6) is 0 Å². The second-order valence-corrected chi connectivity index (χ2v) is 5.33. The Morgan fingerprint density at radius 1 is 1.05 bits per heavy atom. The highest BCUT2D eigenvalue weighted by Crippen LogP contribution is 2.37. The minimum absolute atomic E-state index is 0.265. The van der Waals surface area contributed by atoms with E-state index in [-0.39, 0.29) is 5.82 Å². The Balaban J connectivity index is 2.56. The molecule has 5 heteroatoms. The molecule has 0 unspecified atom stereocenters. The lowest BCUT2D eigenvalue weighted by Crippen LogP contribution is -2.07. The molecular weight excluding hydrogens is 308 g/mol. The molecule has 0 atom stereocenters. The highest BCUT2D eigenvalue weighted by atomic mass is 35.5. The van der Waals surface area contributed by atoms with Gasteiger partial charge < -0.3 is 5.32 Å². The smallest absolute Gasteiger partial charge is 0.127 e. The summed E-state index contributed by atoms with van der Waals surface area (Å²) < 4.78 is 13.6. The third-order valence-corrected chi connectivity index (χ3v) is 3.52. The molecule has 2 aromatic carbocycles. The van der Waals surface area contributed by atoms with E-state index in [0.717, 1.165) is 5.56 Å². The standard InChI is InChI=1S/C14H11Cl3FN/c1-19-7-9-4-8(2-3-13(9)18)14-11(16)5-10(15)6-12(14)17/h2-6,19H,7H2,1H3. The molecule has 2 rings (SSSR count). The highest BCUT2D eigenvalue weighted by Gasteiger charge is 2.12. The van der Waals surface area contributed by atoms with Crippen LogP contribution in [0.1, 0.15) is 5.56 Å². The maximum atomic E-state index is 13.6. The Bertz CT molecular complexity index is 591. The van der Waals surface area contributed by atoms with Crippen molar-refractivity contribution in [2.75, 3.05) is 7.05 Å². The van der Waals surface area contributed by atoms with Crippen LogP contribution in [0.4, 0.5) is 4.39 Å². The number of rotatable bonds is 3. The van der Waals surface area contributed by atoms with E-state index in [1.165, 1.54) is 6.07 Å². The number of halogens is 4. The minimum atomic E-state index is -0.265. The van der Waals surface area contributed by atoms with Crippen LogP contribution >= 0.6 is 34.8 Å². The molecule has 100 valence electrons. The van der Waals surface area contributed by atoms with Gasteiger partial charge in [-0.3, -0.25) is 0 Å². The molecule has 0 aromatic heterocycles. The number of hydrogen-bond acceptors (Lipinski definition) is 1. The molecule has 0 amide bonds. The third kappa shape index (κ3) is 3.21. The normalized spacial score (nSPS) is 10.8. The van der Waals surface area contributed by atoms with E-state index >= 15 is 0 Å². The summed E-state index contributed by atoms with van der Waals surface area (Å²) in [5, 5.41) is 4.27. The van der Waals surface area contributed by atoms with Crippen LogP contribution in [0.3, 0.4) is 0 Å². The fourth-order valence-corrected chi connectivity index (χ4v) is 2.91. The monoisotopic (exact) mass is 317 g/mol. The van der Waals surface area contributed by atoms with Gasteiger partial charge in [0.25, 0.3) is 0 Å². The van der Waals surface area contributed by atoms with Crippen molar-refractivity contribution < 1.29 is 4.39 Å². The van der Waals surface area contributed by atoms with Crippen molar-refractivity contribution in [2.24, 2.45) is 0 Å². The third-order valence-electron chi connectivity index (χ3n) is 2.71. The van der Waals surface area contributed by atoms with Crippen LogP contribution in [0.2, 0.25) is 15.1 Å². The van der Waals surface area contributed by atoms with Crippen molar-refractivity contribution >= 4 is 34.8 Å². The number of nitrogens with one attached hydrogen (secondary N) is 1. The van der Waals surface area contributed by atoms with Gasteiger partial charge in [-0.1, -0.05) is 40.9 Å². The van der Waals surface area contributed by atoms with E-state index in [9.17, 15) is 4.39 Å². The molecule has 1 nitrogen and oxygen atoms in total. The molecule has 2 aromatic rings. The van der Waals surface area contributed by atoms with Crippen LogP contribution in [0.25, 0.3) is 11.1 Å². The summed E-state index contributed by atoms with van der Waals surface area (Å²) >= 11 is 18.2. The Hall–Kier alpha value is -0.800. The van der Waals surface area contributed by atoms with E-state index in [4.69, 9.17) is 34.8 Å². The summed E-state index contributed by atoms with van der Waals surface area (Å²) in [7, 11) is 1.76. The topological polar surface area (TPSA) is 12.0 Å². The summed E-state index contributed by atoms with van der Waals surface area (Å²) in [5.74, 6) is -0.265. The molecule has 1 N–H and O–H groups in total. The van der Waals surface area contributed by atoms with Gasteiger partial charge in [-0.05, 0) is 36.9 Å². The first-order valence-electron chi connectivity index (χ1n) is 5.61. The summed E-state index contributed by atoms with van der Waals surface area (Å²) in [6.07, 6.45) is 0. The van der Waals surface area contributed by atoms with Crippen molar-refractivity contribution in [3.05, 3.63) is 56.8 Å². The van der Waals surface area contributed by atoms with Crippen molar-refractivity contribution in [1.29, 1.82) is 0 Å². The summed E-state index contributed by atoms with van der Waals surface area (Å²) in [6.45, 7) is 0.433. The van der Waals surface area contributed by atoms with Crippen LogP contribution < -0.4 is 5.32 Å².